The summed E-state index contributed by atoms with van der Waals surface area (Å²) in [6.07, 6.45) is 1.45. The summed E-state index contributed by atoms with van der Waals surface area (Å²) in [7, 11) is 0. The lowest BCUT2D eigenvalue weighted by atomic mass is 10.0. The van der Waals surface area contributed by atoms with Gasteiger partial charge in [-0.3, -0.25) is 4.79 Å². The summed E-state index contributed by atoms with van der Waals surface area (Å²) in [5.74, 6) is 1.20. The number of anilines is 1. The van der Waals surface area contributed by atoms with Crippen LogP contribution in [0, 0.1) is 5.92 Å². The lowest BCUT2D eigenvalue weighted by molar-refractivity contribution is -0.119. The molecule has 0 fully saturated rings. The molecule has 0 bridgehead atoms. The minimum Gasteiger partial charge on any atom is -0.490 e. The predicted octanol–water partition coefficient (Wildman–Crippen LogP) is 1.79. The number of ether oxygens (including phenoxy) is 1. The Labute approximate surface area is 108 Å². The fraction of sp³-hybridized carbons (Fsp3) is 0.500. The van der Waals surface area contributed by atoms with Crippen LogP contribution in [0.3, 0.4) is 0 Å². The van der Waals surface area contributed by atoms with E-state index in [0.717, 1.165) is 17.9 Å². The van der Waals surface area contributed by atoms with Crippen molar-refractivity contribution in [3.63, 3.8) is 0 Å². The topological polar surface area (TPSA) is 55.6 Å². The highest BCUT2D eigenvalue weighted by molar-refractivity contribution is 5.95. The maximum atomic E-state index is 12.3. The van der Waals surface area contributed by atoms with Gasteiger partial charge in [-0.05, 0) is 24.6 Å². The zero-order chi connectivity index (χ0) is 13.0. The lowest BCUT2D eigenvalue weighted by Crippen LogP contribution is -2.39. The average Bonchev–Trinajstić information content (AvgIpc) is 2.43. The number of nitrogens with zero attached hydrogens (tertiary/aromatic N) is 1. The second-order valence-electron chi connectivity index (χ2n) is 4.58. The zero-order valence-electron chi connectivity index (χ0n) is 10.8. The fourth-order valence-electron chi connectivity index (χ4n) is 2.18. The molecular formula is C14H20N2O2. The Kier molecular flexibility index (Phi) is 4.20. The predicted molar refractivity (Wildman–Crippen MR) is 71.7 cm³/mol. The third-order valence-electron chi connectivity index (χ3n) is 3.40. The fourth-order valence-corrected chi connectivity index (χ4v) is 2.18. The normalized spacial score (nSPS) is 15.8. The Morgan fingerprint density at radius 3 is 3.00 bits per heavy atom. The second-order valence-corrected chi connectivity index (χ2v) is 4.58. The Balaban J connectivity index is 2.12. The molecule has 2 N–H and O–H groups in total. The van der Waals surface area contributed by atoms with Crippen molar-refractivity contribution in [3.8, 4) is 5.75 Å². The summed E-state index contributed by atoms with van der Waals surface area (Å²) in [6.45, 7) is 3.81. The molecule has 0 saturated carbocycles. The quantitative estimate of drug-likeness (QED) is 0.883. The molecule has 1 amide bonds. The van der Waals surface area contributed by atoms with E-state index in [1.165, 1.54) is 0 Å². The lowest BCUT2D eigenvalue weighted by Gasteiger charge is -2.30. The van der Waals surface area contributed by atoms with E-state index in [1.54, 1.807) is 0 Å². The van der Waals surface area contributed by atoms with Crippen LogP contribution in [-0.4, -0.2) is 25.6 Å². The molecule has 0 saturated heterocycles. The number of hydrogen-bond acceptors (Lipinski definition) is 3. The Bertz CT molecular complexity index is 416. The third kappa shape index (κ3) is 2.64. The Morgan fingerprint density at radius 1 is 1.50 bits per heavy atom. The maximum Gasteiger partial charge on any atom is 0.227 e. The molecule has 1 heterocycles. The molecule has 98 valence electrons. The van der Waals surface area contributed by atoms with Crippen LogP contribution in [0.4, 0.5) is 5.69 Å². The van der Waals surface area contributed by atoms with Gasteiger partial charge in [-0.1, -0.05) is 25.5 Å². The molecule has 0 aromatic heterocycles. The van der Waals surface area contributed by atoms with E-state index >= 15 is 0 Å². The van der Waals surface area contributed by atoms with E-state index in [4.69, 9.17) is 10.5 Å². The monoisotopic (exact) mass is 248 g/mol. The summed E-state index contributed by atoms with van der Waals surface area (Å²) in [4.78, 5) is 14.1. The number of amides is 1. The first kappa shape index (κ1) is 12.9. The van der Waals surface area contributed by atoms with E-state index in [0.29, 0.717) is 26.1 Å². The molecule has 1 unspecified atom stereocenters. The first-order valence-corrected chi connectivity index (χ1v) is 6.48. The molecule has 4 heteroatoms. The van der Waals surface area contributed by atoms with Crippen molar-refractivity contribution in [2.24, 2.45) is 11.7 Å². The molecular weight excluding hydrogens is 228 g/mol. The first-order chi connectivity index (χ1) is 8.76. The minimum atomic E-state index is 0.142. The molecule has 18 heavy (non-hydrogen) atoms. The summed E-state index contributed by atoms with van der Waals surface area (Å²) in [6, 6.07) is 7.67. The number of carbonyl (C=O) groups excluding carboxylic acids is 1. The number of nitrogens with two attached hydrogens (primary N) is 1. The smallest absolute Gasteiger partial charge is 0.227 e. The van der Waals surface area contributed by atoms with Crippen molar-refractivity contribution in [1.82, 2.24) is 0 Å². The van der Waals surface area contributed by atoms with E-state index < -0.39 is 0 Å². The largest absolute Gasteiger partial charge is 0.490 e. The van der Waals surface area contributed by atoms with Crippen molar-refractivity contribution in [2.45, 2.75) is 19.8 Å². The summed E-state index contributed by atoms with van der Waals surface area (Å²) in [5, 5.41) is 0. The number of carbonyl (C=O) groups is 1. The third-order valence-corrected chi connectivity index (χ3v) is 3.40. The molecule has 0 spiro atoms. The van der Waals surface area contributed by atoms with Crippen molar-refractivity contribution >= 4 is 11.6 Å². The second kappa shape index (κ2) is 5.87. The van der Waals surface area contributed by atoms with Gasteiger partial charge in [0.1, 0.15) is 12.4 Å². The summed E-state index contributed by atoms with van der Waals surface area (Å²) >= 11 is 0. The van der Waals surface area contributed by atoms with Gasteiger partial charge >= 0.3 is 0 Å². The van der Waals surface area contributed by atoms with Crippen molar-refractivity contribution < 1.29 is 9.53 Å². The first-order valence-electron chi connectivity index (χ1n) is 6.48. The SMILES string of the molecule is CCC(CN)CC(=O)N1CCOc2ccccc21. The highest BCUT2D eigenvalue weighted by Crippen LogP contribution is 2.31. The van der Waals surface area contributed by atoms with Crippen LogP contribution in [0.15, 0.2) is 24.3 Å². The van der Waals surface area contributed by atoms with Crippen molar-refractivity contribution in [1.29, 1.82) is 0 Å². The van der Waals surface area contributed by atoms with Gasteiger partial charge in [0.05, 0.1) is 12.2 Å². The zero-order valence-corrected chi connectivity index (χ0v) is 10.8. The summed E-state index contributed by atoms with van der Waals surface area (Å²) < 4.78 is 5.54. The van der Waals surface area contributed by atoms with Crippen LogP contribution >= 0.6 is 0 Å². The Hall–Kier alpha value is -1.55. The maximum absolute atomic E-state index is 12.3. The molecule has 1 aromatic rings. The van der Waals surface area contributed by atoms with Crippen molar-refractivity contribution in [3.05, 3.63) is 24.3 Å². The standard InChI is InChI=1S/C14H20N2O2/c1-2-11(10-15)9-14(17)16-7-8-18-13-6-4-3-5-12(13)16/h3-6,11H,2,7-10,15H2,1H3. The number of rotatable bonds is 4. The molecule has 1 aliphatic heterocycles. The van der Waals surface area contributed by atoms with Crippen LogP contribution in [-0.2, 0) is 4.79 Å². The van der Waals surface area contributed by atoms with Gasteiger partial charge in [0.2, 0.25) is 5.91 Å². The van der Waals surface area contributed by atoms with E-state index in [-0.39, 0.29) is 11.8 Å². The highest BCUT2D eigenvalue weighted by atomic mass is 16.5. The minimum absolute atomic E-state index is 0.142. The van der Waals surface area contributed by atoms with Gasteiger partial charge in [-0.25, -0.2) is 0 Å². The number of hydrogen-bond donors (Lipinski definition) is 1. The number of benzene rings is 1. The van der Waals surface area contributed by atoms with Crippen LogP contribution in [0.2, 0.25) is 0 Å². The molecule has 0 radical (unpaired) electrons. The Morgan fingerprint density at radius 2 is 2.28 bits per heavy atom. The van der Waals surface area contributed by atoms with Gasteiger partial charge in [-0.15, -0.1) is 0 Å². The highest BCUT2D eigenvalue weighted by Gasteiger charge is 2.24. The number of para-hydroxylation sites is 2. The van der Waals surface area contributed by atoms with Gasteiger partial charge < -0.3 is 15.4 Å². The summed E-state index contributed by atoms with van der Waals surface area (Å²) in [5.41, 5.74) is 6.54. The molecule has 2 rings (SSSR count). The van der Waals surface area contributed by atoms with Crippen LogP contribution in [0.1, 0.15) is 19.8 Å². The van der Waals surface area contributed by atoms with Crippen LogP contribution in [0.25, 0.3) is 0 Å². The number of fused-ring (bicyclic) bond motifs is 1. The van der Waals surface area contributed by atoms with Gasteiger partial charge in [-0.2, -0.15) is 0 Å². The molecule has 4 nitrogen and oxygen atoms in total. The van der Waals surface area contributed by atoms with Gasteiger partial charge in [0.15, 0.2) is 0 Å². The average molecular weight is 248 g/mol. The van der Waals surface area contributed by atoms with E-state index in [9.17, 15) is 4.79 Å². The van der Waals surface area contributed by atoms with Crippen LogP contribution in [0.5, 0.6) is 5.75 Å². The van der Waals surface area contributed by atoms with Gasteiger partial charge in [0, 0.05) is 6.42 Å². The molecule has 1 atom stereocenters. The van der Waals surface area contributed by atoms with Crippen LogP contribution < -0.4 is 15.4 Å². The van der Waals surface area contributed by atoms with E-state index in [2.05, 4.69) is 6.92 Å². The van der Waals surface area contributed by atoms with E-state index in [1.807, 2.05) is 29.2 Å². The van der Waals surface area contributed by atoms with Gasteiger partial charge in [0.25, 0.3) is 0 Å². The van der Waals surface area contributed by atoms with Crippen molar-refractivity contribution in [2.75, 3.05) is 24.6 Å². The molecule has 1 aromatic carbocycles. The molecule has 1 aliphatic rings. The molecule has 0 aliphatic carbocycles.